The molecule has 180 valence electrons. The molecule has 1 aromatic heterocycles. The third-order valence-electron chi connectivity index (χ3n) is 6.11. The largest absolute Gasteiger partial charge is 0.416 e. The fraction of sp³-hybridized carbons (Fsp3) is 0.292. The van der Waals surface area contributed by atoms with Gasteiger partial charge in [-0.2, -0.15) is 13.2 Å². The molecular formula is C24H24F3N3O3S. The molecule has 6 nitrogen and oxygen atoms in total. The van der Waals surface area contributed by atoms with Gasteiger partial charge in [-0.15, -0.1) is 0 Å². The Morgan fingerprint density at radius 3 is 2.32 bits per heavy atom. The average Bonchev–Trinajstić information content (AvgIpc) is 3.18. The van der Waals surface area contributed by atoms with Gasteiger partial charge in [-0.05, 0) is 61.5 Å². The Kier molecular flexibility index (Phi) is 6.07. The maximum atomic E-state index is 13.5. The summed E-state index contributed by atoms with van der Waals surface area (Å²) in [5, 5.41) is 0.238. The molecule has 4 rings (SSSR count). The highest BCUT2D eigenvalue weighted by atomic mass is 32.2. The van der Waals surface area contributed by atoms with Crippen LogP contribution in [0.2, 0.25) is 0 Å². The van der Waals surface area contributed by atoms with Crippen LogP contribution >= 0.6 is 0 Å². The number of fused-ring (bicyclic) bond motifs is 1. The maximum Gasteiger partial charge on any atom is 0.416 e. The number of aromatic nitrogens is 1. The van der Waals surface area contributed by atoms with Crippen molar-refractivity contribution in [1.82, 2.24) is 8.87 Å². The van der Waals surface area contributed by atoms with Gasteiger partial charge in [0.25, 0.3) is 10.0 Å². The van der Waals surface area contributed by atoms with Gasteiger partial charge in [0.15, 0.2) is 0 Å². The average molecular weight is 492 g/mol. The molecule has 0 saturated heterocycles. The Hall–Kier alpha value is -3.11. The van der Waals surface area contributed by atoms with E-state index in [2.05, 4.69) is 4.90 Å². The number of rotatable bonds is 4. The van der Waals surface area contributed by atoms with E-state index in [4.69, 9.17) is 0 Å². The molecule has 0 fully saturated rings. The van der Waals surface area contributed by atoms with Crippen molar-refractivity contribution < 1.29 is 26.4 Å². The van der Waals surface area contributed by atoms with Crippen molar-refractivity contribution in [3.63, 3.8) is 0 Å². The van der Waals surface area contributed by atoms with Crippen molar-refractivity contribution in [2.45, 2.75) is 24.4 Å². The number of halogens is 3. The first kappa shape index (κ1) is 24.0. The summed E-state index contributed by atoms with van der Waals surface area (Å²) in [6, 6.07) is 8.91. The predicted molar refractivity (Wildman–Crippen MR) is 125 cm³/mol. The second-order valence-electron chi connectivity index (χ2n) is 8.39. The highest BCUT2D eigenvalue weighted by molar-refractivity contribution is 7.90. The lowest BCUT2D eigenvalue weighted by Crippen LogP contribution is -2.23. The van der Waals surface area contributed by atoms with Gasteiger partial charge in [0.2, 0.25) is 5.91 Å². The number of carbonyl (C=O) groups excluding carboxylic acids is 1. The Labute approximate surface area is 195 Å². The monoisotopic (exact) mass is 491 g/mol. The molecule has 3 aromatic rings. The zero-order valence-electron chi connectivity index (χ0n) is 18.9. The molecule has 0 radical (unpaired) electrons. The lowest BCUT2D eigenvalue weighted by molar-refractivity contribution is -0.137. The van der Waals surface area contributed by atoms with Crippen LogP contribution < -0.4 is 4.90 Å². The van der Waals surface area contributed by atoms with Crippen LogP contribution in [0.4, 0.5) is 18.9 Å². The smallest absolute Gasteiger partial charge is 0.316 e. The number of benzene rings is 2. The minimum atomic E-state index is -4.55. The maximum absolute atomic E-state index is 13.5. The SMILES string of the molecule is CC(=O)N(C)c1ccc(S(=O)(=O)n2cc(C3=CCN(C)CC3)c3cc(C(F)(F)F)ccc32)cc1. The van der Waals surface area contributed by atoms with Gasteiger partial charge in [0, 0.05) is 49.9 Å². The molecule has 0 N–H and O–H groups in total. The Bertz CT molecular complexity index is 1390. The normalized spacial score (nSPS) is 15.4. The fourth-order valence-corrected chi connectivity index (χ4v) is 5.35. The molecule has 0 aliphatic carbocycles. The summed E-state index contributed by atoms with van der Waals surface area (Å²) in [5.41, 5.74) is 1.16. The lowest BCUT2D eigenvalue weighted by atomic mass is 9.98. The second kappa shape index (κ2) is 8.59. The van der Waals surface area contributed by atoms with Crippen molar-refractivity contribution >= 4 is 38.1 Å². The molecule has 0 atom stereocenters. The van der Waals surface area contributed by atoms with Crippen LogP contribution in [0.1, 0.15) is 24.5 Å². The molecular weight excluding hydrogens is 467 g/mol. The summed E-state index contributed by atoms with van der Waals surface area (Å²) in [5.74, 6) is -0.205. The molecule has 0 bridgehead atoms. The fourth-order valence-electron chi connectivity index (χ4n) is 3.98. The Morgan fingerprint density at radius 2 is 1.76 bits per heavy atom. The van der Waals surface area contributed by atoms with E-state index in [1.807, 2.05) is 13.1 Å². The summed E-state index contributed by atoms with van der Waals surface area (Å²) in [6.45, 7) is 2.74. The number of hydrogen-bond acceptors (Lipinski definition) is 4. The first-order valence-electron chi connectivity index (χ1n) is 10.6. The molecule has 2 aromatic carbocycles. The first-order valence-corrected chi connectivity index (χ1v) is 12.0. The summed E-state index contributed by atoms with van der Waals surface area (Å²) < 4.78 is 68.4. The van der Waals surface area contributed by atoms with E-state index in [0.29, 0.717) is 24.2 Å². The molecule has 10 heteroatoms. The predicted octanol–water partition coefficient (Wildman–Crippen LogP) is 4.60. The van der Waals surface area contributed by atoms with Crippen molar-refractivity contribution in [3.05, 3.63) is 65.9 Å². The Morgan fingerprint density at radius 1 is 1.09 bits per heavy atom. The van der Waals surface area contributed by atoms with Crippen LogP contribution in [-0.2, 0) is 21.0 Å². The molecule has 1 amide bonds. The first-order chi connectivity index (χ1) is 15.9. The van der Waals surface area contributed by atoms with E-state index >= 15 is 0 Å². The zero-order chi connectivity index (χ0) is 24.8. The molecule has 0 saturated carbocycles. The summed E-state index contributed by atoms with van der Waals surface area (Å²) >= 11 is 0. The van der Waals surface area contributed by atoms with Gasteiger partial charge in [0.1, 0.15) is 0 Å². The number of anilines is 1. The number of hydrogen-bond donors (Lipinski definition) is 0. The van der Waals surface area contributed by atoms with E-state index < -0.39 is 21.8 Å². The van der Waals surface area contributed by atoms with Crippen LogP contribution in [0, 0.1) is 0 Å². The van der Waals surface area contributed by atoms with E-state index in [1.54, 1.807) is 7.05 Å². The Balaban J connectivity index is 1.87. The second-order valence-corrected chi connectivity index (χ2v) is 10.2. The number of alkyl halides is 3. The van der Waals surface area contributed by atoms with Crippen LogP contribution in [0.3, 0.4) is 0 Å². The van der Waals surface area contributed by atoms with Crippen molar-refractivity contribution in [1.29, 1.82) is 0 Å². The van der Waals surface area contributed by atoms with E-state index in [9.17, 15) is 26.4 Å². The minimum absolute atomic E-state index is 0.0334. The van der Waals surface area contributed by atoms with Crippen LogP contribution in [0.15, 0.2) is 59.6 Å². The number of likely N-dealkylation sites (N-methyl/N-ethyl adjacent to an activating group) is 1. The van der Waals surface area contributed by atoms with Gasteiger partial charge < -0.3 is 9.80 Å². The van der Waals surface area contributed by atoms with Gasteiger partial charge in [-0.25, -0.2) is 12.4 Å². The highest BCUT2D eigenvalue weighted by Crippen LogP contribution is 2.37. The number of carbonyl (C=O) groups is 1. The van der Waals surface area contributed by atoms with Gasteiger partial charge in [-0.3, -0.25) is 4.79 Å². The molecule has 0 unspecified atom stereocenters. The molecule has 1 aliphatic heterocycles. The topological polar surface area (TPSA) is 62.6 Å². The van der Waals surface area contributed by atoms with Crippen molar-refractivity contribution in [2.75, 3.05) is 32.1 Å². The third-order valence-corrected chi connectivity index (χ3v) is 7.80. The van der Waals surface area contributed by atoms with E-state index in [-0.39, 0.29) is 21.7 Å². The highest BCUT2D eigenvalue weighted by Gasteiger charge is 2.32. The molecule has 34 heavy (non-hydrogen) atoms. The molecule has 2 heterocycles. The summed E-state index contributed by atoms with van der Waals surface area (Å²) in [6.07, 6.45) is -0.626. The third kappa shape index (κ3) is 4.35. The van der Waals surface area contributed by atoms with Gasteiger partial charge in [0.05, 0.1) is 16.0 Å². The lowest BCUT2D eigenvalue weighted by Gasteiger charge is -2.21. The van der Waals surface area contributed by atoms with Gasteiger partial charge in [-0.1, -0.05) is 6.08 Å². The van der Waals surface area contributed by atoms with Crippen LogP contribution in [0.25, 0.3) is 16.5 Å². The summed E-state index contributed by atoms with van der Waals surface area (Å²) in [7, 11) is -0.596. The zero-order valence-corrected chi connectivity index (χ0v) is 19.7. The van der Waals surface area contributed by atoms with Crippen molar-refractivity contribution in [3.8, 4) is 0 Å². The molecule has 1 aliphatic rings. The molecule has 0 spiro atoms. The number of amides is 1. The summed E-state index contributed by atoms with van der Waals surface area (Å²) in [4.78, 5) is 15.0. The van der Waals surface area contributed by atoms with Crippen LogP contribution in [-0.4, -0.2) is 50.4 Å². The quantitative estimate of drug-likeness (QED) is 0.535. The van der Waals surface area contributed by atoms with Crippen molar-refractivity contribution in [2.24, 2.45) is 0 Å². The van der Waals surface area contributed by atoms with Crippen LogP contribution in [0.5, 0.6) is 0 Å². The minimum Gasteiger partial charge on any atom is -0.316 e. The number of nitrogens with zero attached hydrogens (tertiary/aromatic N) is 3. The van der Waals surface area contributed by atoms with E-state index in [1.165, 1.54) is 48.4 Å². The van der Waals surface area contributed by atoms with Gasteiger partial charge >= 0.3 is 6.18 Å². The van der Waals surface area contributed by atoms with E-state index in [0.717, 1.165) is 28.2 Å². The standard InChI is InChI=1S/C24H24F3N3O3S/c1-16(31)29(3)19-5-7-20(8-6-19)34(32,33)30-15-22(17-10-12-28(2)13-11-17)21-14-18(24(25,26)27)4-9-23(21)30/h4-10,14-15H,11-13H2,1-3H3.